The molecular weight excluding hydrogens is 134 g/mol. The van der Waals surface area contributed by atoms with Crippen molar-refractivity contribution in [2.45, 2.75) is 57.9 Å². The Morgan fingerprint density at radius 3 is 2.09 bits per heavy atom. The third-order valence-corrected chi connectivity index (χ3v) is 3.20. The molecule has 1 fully saturated rings. The van der Waals surface area contributed by atoms with Gasteiger partial charge in [-0.05, 0) is 31.6 Å². The van der Waals surface area contributed by atoms with Gasteiger partial charge in [0, 0.05) is 5.54 Å². The SMILES string of the molecule is CCC(CC)CC1(N)CCC1. The first kappa shape index (κ1) is 9.05. The first-order valence-electron chi connectivity index (χ1n) is 4.99. The van der Waals surface area contributed by atoms with Gasteiger partial charge in [-0.2, -0.15) is 0 Å². The summed E-state index contributed by atoms with van der Waals surface area (Å²) < 4.78 is 0. The zero-order valence-electron chi connectivity index (χ0n) is 7.90. The summed E-state index contributed by atoms with van der Waals surface area (Å²) in [5.41, 5.74) is 6.40. The van der Waals surface area contributed by atoms with Crippen LogP contribution < -0.4 is 5.73 Å². The third-order valence-electron chi connectivity index (χ3n) is 3.20. The van der Waals surface area contributed by atoms with Gasteiger partial charge in [0.1, 0.15) is 0 Å². The van der Waals surface area contributed by atoms with Gasteiger partial charge in [-0.15, -0.1) is 0 Å². The lowest BCUT2D eigenvalue weighted by atomic mass is 9.71. The van der Waals surface area contributed by atoms with E-state index in [1.807, 2.05) is 0 Å². The fourth-order valence-corrected chi connectivity index (χ4v) is 1.99. The molecular formula is C10H21N. The summed E-state index contributed by atoms with van der Waals surface area (Å²) in [5, 5.41) is 0. The molecule has 1 heteroatoms. The fourth-order valence-electron chi connectivity index (χ4n) is 1.99. The van der Waals surface area contributed by atoms with E-state index in [9.17, 15) is 0 Å². The minimum atomic E-state index is 0.247. The lowest BCUT2D eigenvalue weighted by Crippen LogP contribution is -2.47. The first-order valence-corrected chi connectivity index (χ1v) is 4.99. The molecule has 66 valence electrons. The van der Waals surface area contributed by atoms with Crippen LogP contribution in [0.2, 0.25) is 0 Å². The zero-order chi connectivity index (χ0) is 8.32. The van der Waals surface area contributed by atoms with Crippen LogP contribution in [0.3, 0.4) is 0 Å². The third kappa shape index (κ3) is 2.19. The average Bonchev–Trinajstić information content (AvgIpc) is 1.97. The Morgan fingerprint density at radius 1 is 1.27 bits per heavy atom. The summed E-state index contributed by atoms with van der Waals surface area (Å²) in [7, 11) is 0. The molecule has 0 saturated heterocycles. The molecule has 1 aliphatic carbocycles. The van der Waals surface area contributed by atoms with Crippen LogP contribution in [-0.4, -0.2) is 5.54 Å². The van der Waals surface area contributed by atoms with E-state index in [0.29, 0.717) is 0 Å². The van der Waals surface area contributed by atoms with Gasteiger partial charge in [0.25, 0.3) is 0 Å². The van der Waals surface area contributed by atoms with E-state index >= 15 is 0 Å². The second-order valence-electron chi connectivity index (χ2n) is 4.10. The standard InChI is InChI=1S/C10H21N/c1-3-9(4-2)8-10(11)6-5-7-10/h9H,3-8,11H2,1-2H3. The molecule has 0 unspecified atom stereocenters. The molecule has 0 radical (unpaired) electrons. The maximum absolute atomic E-state index is 6.15. The van der Waals surface area contributed by atoms with E-state index in [1.54, 1.807) is 0 Å². The molecule has 0 aromatic rings. The highest BCUT2D eigenvalue weighted by molar-refractivity contribution is 4.93. The van der Waals surface area contributed by atoms with Gasteiger partial charge in [-0.3, -0.25) is 0 Å². The van der Waals surface area contributed by atoms with Crippen LogP contribution in [0.1, 0.15) is 52.4 Å². The molecule has 0 spiro atoms. The molecule has 1 saturated carbocycles. The summed E-state index contributed by atoms with van der Waals surface area (Å²) in [6.45, 7) is 4.55. The van der Waals surface area contributed by atoms with Crippen LogP contribution in [0.25, 0.3) is 0 Å². The van der Waals surface area contributed by atoms with E-state index in [2.05, 4.69) is 13.8 Å². The number of nitrogens with two attached hydrogens (primary N) is 1. The minimum Gasteiger partial charge on any atom is -0.325 e. The van der Waals surface area contributed by atoms with Gasteiger partial charge in [0.15, 0.2) is 0 Å². The average molecular weight is 155 g/mol. The number of hydrogen-bond acceptors (Lipinski definition) is 1. The summed E-state index contributed by atoms with van der Waals surface area (Å²) in [4.78, 5) is 0. The second-order valence-corrected chi connectivity index (χ2v) is 4.10. The lowest BCUT2D eigenvalue weighted by molar-refractivity contribution is 0.190. The molecule has 1 nitrogen and oxygen atoms in total. The van der Waals surface area contributed by atoms with E-state index in [0.717, 1.165) is 5.92 Å². The predicted octanol–water partition coefficient (Wildman–Crippen LogP) is 2.69. The van der Waals surface area contributed by atoms with Crippen molar-refractivity contribution in [1.29, 1.82) is 0 Å². The van der Waals surface area contributed by atoms with E-state index in [4.69, 9.17) is 5.73 Å². The maximum Gasteiger partial charge on any atom is 0.0157 e. The van der Waals surface area contributed by atoms with E-state index in [-0.39, 0.29) is 5.54 Å². The van der Waals surface area contributed by atoms with Gasteiger partial charge in [-0.25, -0.2) is 0 Å². The predicted molar refractivity (Wildman–Crippen MR) is 49.5 cm³/mol. The zero-order valence-corrected chi connectivity index (χ0v) is 7.90. The van der Waals surface area contributed by atoms with Crippen LogP contribution in [0.4, 0.5) is 0 Å². The first-order chi connectivity index (χ1) is 5.20. The summed E-state index contributed by atoms with van der Waals surface area (Å²) in [5.74, 6) is 0.875. The Labute approximate surface area is 70.4 Å². The van der Waals surface area contributed by atoms with Crippen LogP contribution in [-0.2, 0) is 0 Å². The Bertz CT molecular complexity index is 112. The Morgan fingerprint density at radius 2 is 1.82 bits per heavy atom. The highest BCUT2D eigenvalue weighted by Crippen LogP contribution is 2.36. The summed E-state index contributed by atoms with van der Waals surface area (Å²) in [6, 6.07) is 0. The van der Waals surface area contributed by atoms with Crippen molar-refractivity contribution in [3.05, 3.63) is 0 Å². The topological polar surface area (TPSA) is 26.0 Å². The van der Waals surface area contributed by atoms with E-state index < -0.39 is 0 Å². The molecule has 2 N–H and O–H groups in total. The Kier molecular flexibility index (Phi) is 2.94. The Hall–Kier alpha value is -0.0400. The van der Waals surface area contributed by atoms with Crippen LogP contribution >= 0.6 is 0 Å². The van der Waals surface area contributed by atoms with Gasteiger partial charge in [0.05, 0.1) is 0 Å². The molecule has 11 heavy (non-hydrogen) atoms. The van der Waals surface area contributed by atoms with Crippen LogP contribution in [0.5, 0.6) is 0 Å². The van der Waals surface area contributed by atoms with Gasteiger partial charge >= 0.3 is 0 Å². The fraction of sp³-hybridized carbons (Fsp3) is 1.00. The maximum atomic E-state index is 6.15. The normalized spacial score (nSPS) is 21.8. The smallest absolute Gasteiger partial charge is 0.0157 e. The molecule has 1 rings (SSSR count). The molecule has 1 aliphatic rings. The molecule has 0 aromatic carbocycles. The van der Waals surface area contributed by atoms with Crippen LogP contribution in [0, 0.1) is 5.92 Å². The van der Waals surface area contributed by atoms with E-state index in [1.165, 1.54) is 38.5 Å². The molecule has 0 aromatic heterocycles. The summed E-state index contributed by atoms with van der Waals surface area (Å²) in [6.07, 6.45) is 7.76. The quantitative estimate of drug-likeness (QED) is 0.663. The summed E-state index contributed by atoms with van der Waals surface area (Å²) >= 11 is 0. The van der Waals surface area contributed by atoms with Crippen molar-refractivity contribution in [2.24, 2.45) is 11.7 Å². The molecule has 0 amide bonds. The van der Waals surface area contributed by atoms with Crippen molar-refractivity contribution in [3.8, 4) is 0 Å². The number of rotatable bonds is 4. The van der Waals surface area contributed by atoms with Gasteiger partial charge in [0.2, 0.25) is 0 Å². The van der Waals surface area contributed by atoms with Crippen molar-refractivity contribution < 1.29 is 0 Å². The Balaban J connectivity index is 2.27. The van der Waals surface area contributed by atoms with Crippen molar-refractivity contribution >= 4 is 0 Å². The highest BCUT2D eigenvalue weighted by atomic mass is 14.8. The lowest BCUT2D eigenvalue weighted by Gasteiger charge is -2.40. The van der Waals surface area contributed by atoms with Crippen molar-refractivity contribution in [1.82, 2.24) is 0 Å². The van der Waals surface area contributed by atoms with Crippen molar-refractivity contribution in [3.63, 3.8) is 0 Å². The molecule has 0 aliphatic heterocycles. The minimum absolute atomic E-state index is 0.247. The molecule has 0 atom stereocenters. The van der Waals surface area contributed by atoms with Crippen LogP contribution in [0.15, 0.2) is 0 Å². The number of hydrogen-bond donors (Lipinski definition) is 1. The molecule has 0 heterocycles. The van der Waals surface area contributed by atoms with Gasteiger partial charge < -0.3 is 5.73 Å². The monoisotopic (exact) mass is 155 g/mol. The highest BCUT2D eigenvalue weighted by Gasteiger charge is 2.33. The van der Waals surface area contributed by atoms with Crippen molar-refractivity contribution in [2.75, 3.05) is 0 Å². The second kappa shape index (κ2) is 3.57. The van der Waals surface area contributed by atoms with Gasteiger partial charge in [-0.1, -0.05) is 26.7 Å². The largest absolute Gasteiger partial charge is 0.325 e. The molecule has 0 bridgehead atoms.